The zero-order valence-electron chi connectivity index (χ0n) is 12.4. The molecule has 4 nitrogen and oxygen atoms in total. The molecule has 0 radical (unpaired) electrons. The van der Waals surface area contributed by atoms with Crippen LogP contribution in [0, 0.1) is 5.41 Å². The molecule has 1 aliphatic rings. The van der Waals surface area contributed by atoms with Crippen molar-refractivity contribution in [2.75, 3.05) is 25.0 Å². The summed E-state index contributed by atoms with van der Waals surface area (Å²) in [6, 6.07) is 0. The second-order valence-corrected chi connectivity index (χ2v) is 6.52. The van der Waals surface area contributed by atoms with Gasteiger partial charge in [-0.2, -0.15) is 0 Å². The highest BCUT2D eigenvalue weighted by Gasteiger charge is 2.21. The maximum Gasteiger partial charge on any atom is 0.225 e. The molecule has 0 bridgehead atoms. The Morgan fingerprint density at radius 1 is 1.26 bits per heavy atom. The van der Waals surface area contributed by atoms with Crippen molar-refractivity contribution in [3.63, 3.8) is 0 Å². The highest BCUT2D eigenvalue weighted by molar-refractivity contribution is 5.30. The molecule has 106 valence electrons. The van der Waals surface area contributed by atoms with Crippen LogP contribution in [0.4, 0.5) is 5.95 Å². The van der Waals surface area contributed by atoms with E-state index in [2.05, 4.69) is 28.7 Å². The van der Waals surface area contributed by atoms with Gasteiger partial charge in [-0.15, -0.1) is 0 Å². The first-order chi connectivity index (χ1) is 9.02. The van der Waals surface area contributed by atoms with Crippen molar-refractivity contribution in [3.05, 3.63) is 18.0 Å². The molecule has 0 saturated heterocycles. The lowest BCUT2D eigenvalue weighted by Crippen LogP contribution is -2.37. The van der Waals surface area contributed by atoms with Crippen molar-refractivity contribution < 1.29 is 0 Å². The Kier molecular flexibility index (Phi) is 4.40. The number of hydrogen-bond acceptors (Lipinski definition) is 4. The molecule has 0 unspecified atom stereocenters. The number of anilines is 1. The third-order valence-electron chi connectivity index (χ3n) is 4.04. The summed E-state index contributed by atoms with van der Waals surface area (Å²) >= 11 is 0. The fourth-order valence-electron chi connectivity index (χ4n) is 2.78. The van der Waals surface area contributed by atoms with Crippen LogP contribution in [-0.4, -0.2) is 30.1 Å². The number of rotatable bonds is 5. The topological polar surface area (TPSA) is 55.0 Å². The Morgan fingerprint density at radius 3 is 2.37 bits per heavy atom. The summed E-state index contributed by atoms with van der Waals surface area (Å²) in [7, 11) is 2.03. The van der Waals surface area contributed by atoms with Gasteiger partial charge in [0.25, 0.3) is 0 Å². The minimum Gasteiger partial charge on any atom is -0.343 e. The molecule has 2 rings (SSSR count). The molecule has 1 fully saturated rings. The van der Waals surface area contributed by atoms with Gasteiger partial charge in [0.2, 0.25) is 5.95 Å². The highest BCUT2D eigenvalue weighted by atomic mass is 15.2. The zero-order valence-corrected chi connectivity index (χ0v) is 12.4. The summed E-state index contributed by atoms with van der Waals surface area (Å²) in [5.74, 6) is 1.48. The molecule has 1 saturated carbocycles. The van der Waals surface area contributed by atoms with Crippen LogP contribution >= 0.6 is 0 Å². The summed E-state index contributed by atoms with van der Waals surface area (Å²) in [5, 5.41) is 0. The maximum atomic E-state index is 5.77. The van der Waals surface area contributed by atoms with Crippen LogP contribution in [0.25, 0.3) is 0 Å². The standard InChI is InChI=1S/C15H26N4/c1-15(2,10-16)11-19(3)14-17-8-13(9-18-14)12-6-4-5-7-12/h8-9,12H,4-7,10-11,16H2,1-3H3. The molecule has 19 heavy (non-hydrogen) atoms. The molecule has 0 atom stereocenters. The van der Waals surface area contributed by atoms with Crippen molar-refractivity contribution in [1.82, 2.24) is 9.97 Å². The molecule has 0 spiro atoms. The van der Waals surface area contributed by atoms with Gasteiger partial charge in [-0.05, 0) is 36.3 Å². The van der Waals surface area contributed by atoms with Gasteiger partial charge in [-0.1, -0.05) is 26.7 Å². The number of nitrogens with two attached hydrogens (primary N) is 1. The number of aromatic nitrogens is 2. The van der Waals surface area contributed by atoms with Gasteiger partial charge < -0.3 is 10.6 Å². The predicted molar refractivity (Wildman–Crippen MR) is 79.3 cm³/mol. The second kappa shape index (κ2) is 5.87. The maximum absolute atomic E-state index is 5.77. The fraction of sp³-hybridized carbons (Fsp3) is 0.733. The molecule has 1 heterocycles. The van der Waals surface area contributed by atoms with Crippen LogP contribution < -0.4 is 10.6 Å². The minimum atomic E-state index is 0.0855. The molecule has 2 N–H and O–H groups in total. The third kappa shape index (κ3) is 3.66. The van der Waals surface area contributed by atoms with E-state index in [4.69, 9.17) is 5.73 Å². The smallest absolute Gasteiger partial charge is 0.225 e. The summed E-state index contributed by atoms with van der Waals surface area (Å²) in [6.07, 6.45) is 9.28. The average Bonchev–Trinajstić information content (AvgIpc) is 2.92. The molecule has 1 aliphatic carbocycles. The minimum absolute atomic E-state index is 0.0855. The molecular formula is C15H26N4. The lowest BCUT2D eigenvalue weighted by molar-refractivity contribution is 0.383. The lowest BCUT2D eigenvalue weighted by Gasteiger charge is -2.29. The second-order valence-electron chi connectivity index (χ2n) is 6.52. The van der Waals surface area contributed by atoms with Gasteiger partial charge in [0, 0.05) is 26.0 Å². The van der Waals surface area contributed by atoms with Crippen LogP contribution in [0.3, 0.4) is 0 Å². The Labute approximate surface area is 116 Å². The summed E-state index contributed by atoms with van der Waals surface area (Å²) < 4.78 is 0. The molecule has 0 aliphatic heterocycles. The van der Waals surface area contributed by atoms with E-state index >= 15 is 0 Å². The van der Waals surface area contributed by atoms with E-state index in [0.29, 0.717) is 12.5 Å². The van der Waals surface area contributed by atoms with Gasteiger partial charge in [0.1, 0.15) is 0 Å². The first-order valence-corrected chi connectivity index (χ1v) is 7.25. The van der Waals surface area contributed by atoms with Gasteiger partial charge in [-0.3, -0.25) is 0 Å². The van der Waals surface area contributed by atoms with Gasteiger partial charge in [-0.25, -0.2) is 9.97 Å². The Hall–Kier alpha value is -1.16. The largest absolute Gasteiger partial charge is 0.343 e. The van der Waals surface area contributed by atoms with Crippen LogP contribution in [0.15, 0.2) is 12.4 Å². The van der Waals surface area contributed by atoms with Gasteiger partial charge in [0.05, 0.1) is 0 Å². The Bertz CT molecular complexity index is 393. The van der Waals surface area contributed by atoms with Crippen LogP contribution in [0.2, 0.25) is 0 Å². The molecule has 1 aromatic rings. The van der Waals surface area contributed by atoms with Crippen molar-refractivity contribution in [3.8, 4) is 0 Å². The molecule has 4 heteroatoms. The summed E-state index contributed by atoms with van der Waals surface area (Å²) in [4.78, 5) is 11.1. The van der Waals surface area contributed by atoms with Crippen LogP contribution in [0.5, 0.6) is 0 Å². The fourth-order valence-corrected chi connectivity index (χ4v) is 2.78. The van der Waals surface area contributed by atoms with E-state index in [1.807, 2.05) is 19.4 Å². The van der Waals surface area contributed by atoms with E-state index in [9.17, 15) is 0 Å². The van der Waals surface area contributed by atoms with Gasteiger partial charge >= 0.3 is 0 Å². The van der Waals surface area contributed by atoms with E-state index in [-0.39, 0.29) is 5.41 Å². The molecule has 0 amide bonds. The van der Waals surface area contributed by atoms with Crippen molar-refractivity contribution >= 4 is 5.95 Å². The first kappa shape index (κ1) is 14.3. The van der Waals surface area contributed by atoms with Crippen LogP contribution in [0.1, 0.15) is 51.0 Å². The Balaban J connectivity index is 2.01. The number of nitrogens with zero attached hydrogens (tertiary/aromatic N) is 3. The highest BCUT2D eigenvalue weighted by Crippen LogP contribution is 2.33. The summed E-state index contributed by atoms with van der Waals surface area (Å²) in [6.45, 7) is 5.86. The normalized spacial score (nSPS) is 16.8. The van der Waals surface area contributed by atoms with E-state index < -0.39 is 0 Å². The Morgan fingerprint density at radius 2 is 1.84 bits per heavy atom. The van der Waals surface area contributed by atoms with E-state index in [0.717, 1.165) is 12.5 Å². The average molecular weight is 262 g/mol. The monoisotopic (exact) mass is 262 g/mol. The van der Waals surface area contributed by atoms with Gasteiger partial charge in [0.15, 0.2) is 0 Å². The third-order valence-corrected chi connectivity index (χ3v) is 4.04. The molecular weight excluding hydrogens is 236 g/mol. The zero-order chi connectivity index (χ0) is 13.9. The van der Waals surface area contributed by atoms with Crippen LogP contribution in [-0.2, 0) is 0 Å². The van der Waals surface area contributed by atoms with Crippen molar-refractivity contribution in [2.45, 2.75) is 45.4 Å². The summed E-state index contributed by atoms with van der Waals surface area (Å²) in [5.41, 5.74) is 7.16. The quantitative estimate of drug-likeness (QED) is 0.886. The van der Waals surface area contributed by atoms with Crippen molar-refractivity contribution in [1.29, 1.82) is 0 Å². The van der Waals surface area contributed by atoms with Crippen molar-refractivity contribution in [2.24, 2.45) is 11.1 Å². The number of hydrogen-bond donors (Lipinski definition) is 1. The lowest BCUT2D eigenvalue weighted by atomic mass is 9.93. The SMILES string of the molecule is CN(CC(C)(C)CN)c1ncc(C2CCCC2)cn1. The first-order valence-electron chi connectivity index (χ1n) is 7.25. The molecule has 1 aromatic heterocycles. The van der Waals surface area contributed by atoms with E-state index in [1.54, 1.807) is 0 Å². The predicted octanol–water partition coefficient (Wildman–Crippen LogP) is 2.56. The molecule has 0 aromatic carbocycles. The van der Waals surface area contributed by atoms with E-state index in [1.165, 1.54) is 31.2 Å².